The standard InChI is InChI=1S/C13H20N2O4S2/c16-20(17,10-8-12-4-2-1-3-5-12)11-9-14-21(18,19)15-13-6-7-13/h1-5,13-15H,6-11H2. The van der Waals surface area contributed by atoms with Gasteiger partial charge in [-0.2, -0.15) is 13.1 Å². The fraction of sp³-hybridized carbons (Fsp3) is 0.538. The normalized spacial score (nSPS) is 16.0. The largest absolute Gasteiger partial charge is 0.277 e. The zero-order chi connectivity index (χ0) is 15.3. The van der Waals surface area contributed by atoms with Crippen LogP contribution < -0.4 is 9.44 Å². The van der Waals surface area contributed by atoms with Gasteiger partial charge in [0.15, 0.2) is 9.84 Å². The van der Waals surface area contributed by atoms with E-state index in [1.807, 2.05) is 30.3 Å². The quantitative estimate of drug-likeness (QED) is 0.677. The second-order valence-electron chi connectivity index (χ2n) is 5.18. The van der Waals surface area contributed by atoms with Crippen molar-refractivity contribution in [3.63, 3.8) is 0 Å². The first-order valence-electron chi connectivity index (χ1n) is 6.88. The molecule has 1 aliphatic carbocycles. The highest BCUT2D eigenvalue weighted by atomic mass is 32.2. The van der Waals surface area contributed by atoms with Crippen LogP contribution >= 0.6 is 0 Å². The summed E-state index contributed by atoms with van der Waals surface area (Å²) in [5.41, 5.74) is 0.956. The number of sulfone groups is 1. The van der Waals surface area contributed by atoms with Gasteiger partial charge in [0.05, 0.1) is 11.5 Å². The fourth-order valence-corrected chi connectivity index (χ4v) is 4.24. The van der Waals surface area contributed by atoms with Gasteiger partial charge < -0.3 is 0 Å². The van der Waals surface area contributed by atoms with E-state index in [9.17, 15) is 16.8 Å². The summed E-state index contributed by atoms with van der Waals surface area (Å²) < 4.78 is 51.5. The lowest BCUT2D eigenvalue weighted by molar-refractivity contribution is 0.567. The molecule has 2 rings (SSSR count). The average molecular weight is 332 g/mol. The van der Waals surface area contributed by atoms with Gasteiger partial charge in [-0.15, -0.1) is 0 Å². The Morgan fingerprint density at radius 3 is 2.29 bits per heavy atom. The zero-order valence-corrected chi connectivity index (χ0v) is 13.3. The number of rotatable bonds is 9. The SMILES string of the molecule is O=S(=O)(CCNS(=O)(=O)NC1CC1)CCc1ccccc1. The monoisotopic (exact) mass is 332 g/mol. The highest BCUT2D eigenvalue weighted by Gasteiger charge is 2.26. The van der Waals surface area contributed by atoms with E-state index in [-0.39, 0.29) is 24.1 Å². The number of benzene rings is 1. The minimum absolute atomic E-state index is 0.0113. The van der Waals surface area contributed by atoms with E-state index >= 15 is 0 Å². The van der Waals surface area contributed by atoms with Gasteiger partial charge in [-0.1, -0.05) is 30.3 Å². The minimum atomic E-state index is -3.57. The summed E-state index contributed by atoms with van der Waals surface area (Å²) >= 11 is 0. The first-order chi connectivity index (χ1) is 9.86. The summed E-state index contributed by atoms with van der Waals surface area (Å²) in [6.45, 7) is -0.0980. The van der Waals surface area contributed by atoms with E-state index in [2.05, 4.69) is 9.44 Å². The Kier molecular flexibility index (Phi) is 5.37. The lowest BCUT2D eigenvalue weighted by Gasteiger charge is -2.08. The van der Waals surface area contributed by atoms with Crippen LogP contribution in [0.5, 0.6) is 0 Å². The van der Waals surface area contributed by atoms with Crippen molar-refractivity contribution in [2.45, 2.75) is 25.3 Å². The molecule has 1 saturated carbocycles. The second kappa shape index (κ2) is 6.87. The molecular formula is C13H20N2O4S2. The molecule has 0 aliphatic heterocycles. The summed E-state index contributed by atoms with van der Waals surface area (Å²) in [5.74, 6) is -0.166. The lowest BCUT2D eigenvalue weighted by atomic mass is 10.2. The molecule has 1 fully saturated rings. The molecule has 6 nitrogen and oxygen atoms in total. The molecular weight excluding hydrogens is 312 g/mol. The summed E-state index contributed by atoms with van der Waals surface area (Å²) in [4.78, 5) is 0. The molecule has 0 bridgehead atoms. The van der Waals surface area contributed by atoms with Crippen LogP contribution in [-0.2, 0) is 26.5 Å². The molecule has 0 atom stereocenters. The number of hydrogen-bond donors (Lipinski definition) is 2. The van der Waals surface area contributed by atoms with Crippen LogP contribution in [0.4, 0.5) is 0 Å². The second-order valence-corrected chi connectivity index (χ2v) is 9.01. The van der Waals surface area contributed by atoms with Crippen molar-refractivity contribution in [1.29, 1.82) is 0 Å². The van der Waals surface area contributed by atoms with Crippen molar-refractivity contribution in [2.75, 3.05) is 18.1 Å². The topological polar surface area (TPSA) is 92.3 Å². The first-order valence-corrected chi connectivity index (χ1v) is 10.2. The van der Waals surface area contributed by atoms with Gasteiger partial charge in [-0.25, -0.2) is 13.1 Å². The Balaban J connectivity index is 1.73. The van der Waals surface area contributed by atoms with E-state index in [0.717, 1.165) is 18.4 Å². The number of nitrogens with one attached hydrogen (secondary N) is 2. The predicted octanol–water partition coefficient (Wildman–Crippen LogP) is 0.230. The van der Waals surface area contributed by atoms with E-state index < -0.39 is 20.0 Å². The van der Waals surface area contributed by atoms with Crippen molar-refractivity contribution in [2.24, 2.45) is 0 Å². The zero-order valence-electron chi connectivity index (χ0n) is 11.7. The summed E-state index contributed by atoms with van der Waals surface area (Å²) in [6.07, 6.45) is 2.13. The van der Waals surface area contributed by atoms with Gasteiger partial charge in [0.25, 0.3) is 10.2 Å². The van der Waals surface area contributed by atoms with Crippen LogP contribution in [0.25, 0.3) is 0 Å². The number of aryl methyl sites for hydroxylation is 1. The van der Waals surface area contributed by atoms with Gasteiger partial charge in [-0.05, 0) is 24.8 Å². The highest BCUT2D eigenvalue weighted by molar-refractivity contribution is 7.91. The maximum atomic E-state index is 11.9. The molecule has 8 heteroatoms. The fourth-order valence-electron chi connectivity index (χ4n) is 1.81. The van der Waals surface area contributed by atoms with Gasteiger partial charge in [0, 0.05) is 12.6 Å². The van der Waals surface area contributed by atoms with E-state index in [0.29, 0.717) is 6.42 Å². The third-order valence-corrected chi connectivity index (χ3v) is 6.03. The molecule has 0 amide bonds. The molecule has 21 heavy (non-hydrogen) atoms. The van der Waals surface area contributed by atoms with Crippen molar-refractivity contribution in [3.8, 4) is 0 Å². The Bertz CT molecular complexity index is 653. The molecule has 1 aliphatic rings. The minimum Gasteiger partial charge on any atom is -0.229 e. The van der Waals surface area contributed by atoms with E-state index in [1.54, 1.807) is 0 Å². The van der Waals surface area contributed by atoms with Gasteiger partial charge in [-0.3, -0.25) is 0 Å². The molecule has 0 spiro atoms. The molecule has 1 aromatic carbocycles. The summed E-state index contributed by atoms with van der Waals surface area (Å²) in [7, 11) is -6.84. The van der Waals surface area contributed by atoms with Crippen LogP contribution in [0.15, 0.2) is 30.3 Å². The van der Waals surface area contributed by atoms with Gasteiger partial charge in [0.1, 0.15) is 0 Å². The maximum absolute atomic E-state index is 11.9. The van der Waals surface area contributed by atoms with Gasteiger partial charge >= 0.3 is 0 Å². The molecule has 1 aromatic rings. The van der Waals surface area contributed by atoms with Gasteiger partial charge in [0.2, 0.25) is 0 Å². The van der Waals surface area contributed by atoms with E-state index in [4.69, 9.17) is 0 Å². The third kappa shape index (κ3) is 6.56. The Hall–Kier alpha value is -0.960. The summed E-state index contributed by atoms with van der Waals surface area (Å²) in [5, 5.41) is 0. The Morgan fingerprint density at radius 2 is 1.67 bits per heavy atom. The van der Waals surface area contributed by atoms with Crippen molar-refractivity contribution < 1.29 is 16.8 Å². The lowest BCUT2D eigenvalue weighted by Crippen LogP contribution is -2.40. The Morgan fingerprint density at radius 1 is 1.00 bits per heavy atom. The van der Waals surface area contributed by atoms with Crippen molar-refractivity contribution in [1.82, 2.24) is 9.44 Å². The first kappa shape index (κ1) is 16.4. The third-order valence-electron chi connectivity index (χ3n) is 3.15. The predicted molar refractivity (Wildman–Crippen MR) is 81.9 cm³/mol. The van der Waals surface area contributed by atoms with Crippen LogP contribution in [0.2, 0.25) is 0 Å². The van der Waals surface area contributed by atoms with Crippen molar-refractivity contribution in [3.05, 3.63) is 35.9 Å². The van der Waals surface area contributed by atoms with E-state index in [1.165, 1.54) is 0 Å². The molecule has 0 radical (unpaired) electrons. The Labute approximate surface area is 126 Å². The molecule has 0 aromatic heterocycles. The van der Waals surface area contributed by atoms with Crippen LogP contribution in [-0.4, -0.2) is 40.9 Å². The van der Waals surface area contributed by atoms with Crippen LogP contribution in [0.3, 0.4) is 0 Å². The van der Waals surface area contributed by atoms with Crippen LogP contribution in [0.1, 0.15) is 18.4 Å². The highest BCUT2D eigenvalue weighted by Crippen LogP contribution is 2.19. The summed E-state index contributed by atoms with van der Waals surface area (Å²) in [6, 6.07) is 9.35. The molecule has 2 N–H and O–H groups in total. The number of hydrogen-bond acceptors (Lipinski definition) is 4. The molecule has 118 valence electrons. The molecule has 0 heterocycles. The molecule has 0 unspecified atom stereocenters. The average Bonchev–Trinajstić information content (AvgIpc) is 3.20. The smallest absolute Gasteiger partial charge is 0.229 e. The maximum Gasteiger partial charge on any atom is 0.277 e. The van der Waals surface area contributed by atoms with Crippen molar-refractivity contribution >= 4 is 20.0 Å². The molecule has 0 saturated heterocycles. The van der Waals surface area contributed by atoms with Crippen LogP contribution in [0, 0.1) is 0 Å².